The van der Waals surface area contributed by atoms with E-state index in [1.54, 1.807) is 25.1 Å². The van der Waals surface area contributed by atoms with Crippen LogP contribution in [0.25, 0.3) is 16.5 Å². The highest BCUT2D eigenvalue weighted by Gasteiger charge is 2.49. The van der Waals surface area contributed by atoms with Gasteiger partial charge in [-0.25, -0.2) is 5.43 Å². The molecule has 300 valence electrons. The molecule has 3 aliphatic heterocycles. The van der Waals surface area contributed by atoms with Crippen molar-refractivity contribution in [2.24, 2.45) is 33.2 Å². The van der Waals surface area contributed by atoms with Gasteiger partial charge in [0, 0.05) is 61.0 Å². The minimum absolute atomic E-state index is 0.0710. The molecule has 13 heteroatoms. The maximum absolute atomic E-state index is 14.3. The highest BCUT2D eigenvalue weighted by atomic mass is 32.2. The maximum atomic E-state index is 14.3. The Labute approximate surface area is 335 Å². The number of benzene rings is 1. The molecule has 2 unspecified atom stereocenters. The number of aromatic nitrogens is 1. The van der Waals surface area contributed by atoms with Gasteiger partial charge in [0.05, 0.1) is 54.3 Å². The minimum Gasteiger partial charge on any atom is -0.378 e. The summed E-state index contributed by atoms with van der Waals surface area (Å²) >= 11 is 1.61. The fraction of sp³-hybridized carbons (Fsp3) is 0.581. The fourth-order valence-corrected chi connectivity index (χ4v) is 9.64. The van der Waals surface area contributed by atoms with E-state index in [-0.39, 0.29) is 54.7 Å². The van der Waals surface area contributed by atoms with Crippen LogP contribution in [0.3, 0.4) is 0 Å². The summed E-state index contributed by atoms with van der Waals surface area (Å²) in [5.41, 5.74) is 7.33. The van der Waals surface area contributed by atoms with Gasteiger partial charge in [-0.3, -0.25) is 24.6 Å². The number of fused-ring (bicyclic) bond motifs is 5. The summed E-state index contributed by atoms with van der Waals surface area (Å²) in [6.07, 6.45) is 6.39. The van der Waals surface area contributed by atoms with E-state index in [0.29, 0.717) is 51.1 Å². The van der Waals surface area contributed by atoms with Crippen LogP contribution >= 0.6 is 11.8 Å². The summed E-state index contributed by atoms with van der Waals surface area (Å²) in [7, 11) is 1.66. The summed E-state index contributed by atoms with van der Waals surface area (Å²) in [5.74, 6) is 0.671. The Bertz CT molecular complexity index is 1990. The van der Waals surface area contributed by atoms with Crippen LogP contribution in [0.1, 0.15) is 90.1 Å². The number of allylic oxidation sites excluding steroid dienone is 2. The Hall–Kier alpha value is -4.09. The van der Waals surface area contributed by atoms with Crippen molar-refractivity contribution in [3.8, 4) is 6.07 Å². The van der Waals surface area contributed by atoms with E-state index in [9.17, 15) is 19.6 Å². The summed E-state index contributed by atoms with van der Waals surface area (Å²) in [6.45, 7) is 17.8. The Morgan fingerprint density at radius 3 is 2.73 bits per heavy atom. The summed E-state index contributed by atoms with van der Waals surface area (Å²) in [4.78, 5) is 50.6. The molecule has 6 rings (SSSR count). The number of hydrogen-bond donors (Lipinski definition) is 2. The average molecular weight is 784 g/mol. The zero-order valence-corrected chi connectivity index (χ0v) is 34.7. The summed E-state index contributed by atoms with van der Waals surface area (Å²) in [5, 5.41) is 16.2. The molecule has 1 aliphatic carbocycles. The minimum atomic E-state index is -1.11. The fourth-order valence-electron chi connectivity index (χ4n) is 8.53. The van der Waals surface area contributed by atoms with Gasteiger partial charge in [0.2, 0.25) is 5.91 Å². The topological polar surface area (TPSA) is 150 Å². The number of ether oxygens (including phenoxy) is 2. The van der Waals surface area contributed by atoms with Crippen molar-refractivity contribution < 1.29 is 23.9 Å². The molecule has 0 radical (unpaired) electrons. The number of hydrazine groups is 1. The molecule has 4 heterocycles. The molecule has 6 bridgehead atoms. The van der Waals surface area contributed by atoms with Gasteiger partial charge in [-0.15, -0.1) is 11.8 Å². The molecule has 2 N–H and O–H groups in total. The van der Waals surface area contributed by atoms with Crippen LogP contribution in [0.5, 0.6) is 0 Å². The van der Waals surface area contributed by atoms with Crippen molar-refractivity contribution in [1.29, 1.82) is 5.26 Å². The lowest BCUT2D eigenvalue weighted by molar-refractivity contribution is -0.147. The van der Waals surface area contributed by atoms with E-state index in [2.05, 4.69) is 73.9 Å². The lowest BCUT2D eigenvalue weighted by Crippen LogP contribution is -2.66. The lowest BCUT2D eigenvalue weighted by atomic mass is 9.84. The molecule has 2 amide bonds. The second-order valence-corrected chi connectivity index (χ2v) is 17.7. The van der Waals surface area contributed by atoms with Crippen LogP contribution < -0.4 is 10.7 Å². The van der Waals surface area contributed by atoms with Crippen LogP contribution in [0.15, 0.2) is 46.5 Å². The zero-order valence-electron chi connectivity index (χ0n) is 33.9. The van der Waals surface area contributed by atoms with E-state index in [4.69, 9.17) is 19.5 Å². The quantitative estimate of drug-likeness (QED) is 0.164. The predicted molar refractivity (Wildman–Crippen MR) is 222 cm³/mol. The number of thioether (sulfide) groups is 1. The lowest BCUT2D eigenvalue weighted by Gasteiger charge is -2.41. The largest absolute Gasteiger partial charge is 0.378 e. The number of nitrogens with zero attached hydrogens (tertiary/aromatic N) is 5. The third-order valence-electron chi connectivity index (χ3n) is 12.0. The smallest absolute Gasteiger partial charge is 0.259 e. The first-order valence-corrected chi connectivity index (χ1v) is 20.8. The van der Waals surface area contributed by atoms with E-state index < -0.39 is 17.0 Å². The van der Waals surface area contributed by atoms with Gasteiger partial charge in [-0.1, -0.05) is 46.4 Å². The molecule has 12 nitrogen and oxygen atoms in total. The molecule has 2 aromatic rings. The number of nitrogens with one attached hydrogen (secondary N) is 2. The molecule has 1 saturated heterocycles. The molecular weight excluding hydrogens is 727 g/mol. The molecule has 1 aromatic heterocycles. The van der Waals surface area contributed by atoms with Gasteiger partial charge in [0.15, 0.2) is 0 Å². The summed E-state index contributed by atoms with van der Waals surface area (Å²) < 4.78 is 14.5. The molecule has 2 fully saturated rings. The number of carbonyl (C=O) groups excluding carboxylic acids is 3. The first-order chi connectivity index (χ1) is 26.8. The zero-order chi connectivity index (χ0) is 40.4. The predicted octanol–water partition coefficient (Wildman–Crippen LogP) is 6.20. The van der Waals surface area contributed by atoms with Crippen LogP contribution in [-0.2, 0) is 36.8 Å². The number of amides is 2. The summed E-state index contributed by atoms with van der Waals surface area (Å²) in [6, 6.07) is 7.79. The SMILES string of the molecule is C=C/C(=C(\N=CC)[C@H](C)OC)c1c2c3cc(ccc3n1CCC#N)C1CSC(=N1)C[C@H](NC(=O)C1[C@@H](C)[C@H]1C)C(=O)N1CCC[C@](C=O)(COCC(C)(C)C2)N1. The monoisotopic (exact) mass is 783 g/mol. The van der Waals surface area contributed by atoms with Crippen LogP contribution in [-0.4, -0.2) is 89.2 Å². The molecule has 0 spiro atoms. The van der Waals surface area contributed by atoms with Crippen molar-refractivity contribution in [2.45, 2.75) is 104 Å². The van der Waals surface area contributed by atoms with E-state index in [0.717, 1.165) is 50.3 Å². The Kier molecular flexibility index (Phi) is 12.7. The number of hydrogen-bond acceptors (Lipinski definition) is 10. The number of carbonyl (C=O) groups is 3. The van der Waals surface area contributed by atoms with E-state index >= 15 is 0 Å². The van der Waals surface area contributed by atoms with Crippen molar-refractivity contribution in [3.63, 3.8) is 0 Å². The first-order valence-electron chi connectivity index (χ1n) is 19.8. The highest BCUT2D eigenvalue weighted by Crippen LogP contribution is 2.46. The van der Waals surface area contributed by atoms with Crippen molar-refractivity contribution in [2.75, 3.05) is 32.6 Å². The first kappa shape index (κ1) is 41.5. The van der Waals surface area contributed by atoms with Crippen LogP contribution in [0.4, 0.5) is 0 Å². The normalized spacial score (nSPS) is 28.9. The standard InChI is InChI=1S/C43H57N7O5S/c1-9-30(38(45-10-2)28(5)54-8)39-32-21-42(6,7)24-55-25-43(23-51)15-11-18-50(48-43)41(53)33(47-40(52)37-26(3)27(37)4)20-36-46-34(22-56-36)29-13-14-35(31(32)19-29)49(39)17-12-16-44/h9-10,13-14,19,23,26-28,33-34,37,48H,1,11-12,15,17-18,20-22,24-25H2,2-8H3,(H,47,52)/b38-30+,45-10?/t26-,27+,28-,33-,34?,37?,43-/m0/s1. The van der Waals surface area contributed by atoms with Crippen LogP contribution in [0, 0.1) is 34.5 Å². The third kappa shape index (κ3) is 8.44. The van der Waals surface area contributed by atoms with E-state index in [1.165, 1.54) is 5.01 Å². The van der Waals surface area contributed by atoms with Crippen molar-refractivity contribution >= 4 is 57.6 Å². The van der Waals surface area contributed by atoms with Gasteiger partial charge >= 0.3 is 0 Å². The van der Waals surface area contributed by atoms with Crippen molar-refractivity contribution in [1.82, 2.24) is 20.3 Å². The van der Waals surface area contributed by atoms with E-state index in [1.807, 2.05) is 19.9 Å². The second-order valence-electron chi connectivity index (χ2n) is 16.6. The number of methoxy groups -OCH3 is 1. The molecule has 1 aromatic carbocycles. The molecule has 1 saturated carbocycles. The molecule has 56 heavy (non-hydrogen) atoms. The number of rotatable bonds is 10. The number of nitriles is 1. The molecule has 4 aliphatic rings. The van der Waals surface area contributed by atoms with Crippen LogP contribution in [0.2, 0.25) is 0 Å². The number of aldehydes is 1. The Morgan fingerprint density at radius 2 is 2.07 bits per heavy atom. The van der Waals surface area contributed by atoms with Gasteiger partial charge < -0.3 is 24.2 Å². The van der Waals surface area contributed by atoms with Gasteiger partial charge in [-0.2, -0.15) is 5.26 Å². The van der Waals surface area contributed by atoms with Crippen molar-refractivity contribution in [3.05, 3.63) is 53.4 Å². The Morgan fingerprint density at radius 1 is 1.30 bits per heavy atom. The Balaban J connectivity index is 1.51. The van der Waals surface area contributed by atoms with Gasteiger partial charge in [-0.05, 0) is 73.6 Å². The number of aliphatic imine (C=N–C) groups is 2. The molecule has 7 atom stereocenters. The maximum Gasteiger partial charge on any atom is 0.259 e. The highest BCUT2D eigenvalue weighted by molar-refractivity contribution is 8.14. The molecular formula is C43H57N7O5S. The third-order valence-corrected chi connectivity index (χ3v) is 13.0. The second kappa shape index (κ2) is 17.2. The van der Waals surface area contributed by atoms with Gasteiger partial charge in [0.25, 0.3) is 5.91 Å². The van der Waals surface area contributed by atoms with Gasteiger partial charge in [0.1, 0.15) is 17.9 Å². The average Bonchev–Trinajstić information content (AvgIpc) is 3.45. The number of aryl methyl sites for hydroxylation is 1.